The maximum atomic E-state index is 12.8. The number of benzene rings is 2. The molecule has 1 amide bonds. The molecule has 2 aromatic carbocycles. The summed E-state index contributed by atoms with van der Waals surface area (Å²) >= 11 is 6.02. The molecule has 1 unspecified atom stereocenters. The predicted octanol–water partition coefficient (Wildman–Crippen LogP) is 2.32. The molecule has 0 aliphatic carbocycles. The van der Waals surface area contributed by atoms with E-state index in [4.69, 9.17) is 21.1 Å². The van der Waals surface area contributed by atoms with Crippen LogP contribution in [0.4, 0.5) is 5.69 Å². The van der Waals surface area contributed by atoms with E-state index >= 15 is 0 Å². The first kappa shape index (κ1) is 25.2. The number of nitrogens with one attached hydrogen (secondary N) is 3. The molecule has 0 heterocycles. The van der Waals surface area contributed by atoms with Gasteiger partial charge in [0.2, 0.25) is 15.9 Å². The number of carboxylic acid groups (broad SMARTS) is 1. The lowest BCUT2D eigenvalue weighted by Gasteiger charge is -2.17. The van der Waals surface area contributed by atoms with Crippen molar-refractivity contribution in [2.24, 2.45) is 0 Å². The minimum atomic E-state index is -4.30. The summed E-state index contributed by atoms with van der Waals surface area (Å²) in [5.74, 6) is -1.29. The number of rotatable bonds is 11. The summed E-state index contributed by atoms with van der Waals surface area (Å²) in [6.07, 6.45) is -0.541. The molecule has 10 nitrogen and oxygen atoms in total. The molecule has 0 saturated heterocycles. The van der Waals surface area contributed by atoms with Gasteiger partial charge in [0, 0.05) is 11.4 Å². The van der Waals surface area contributed by atoms with Crippen molar-refractivity contribution in [3.8, 4) is 11.5 Å². The van der Waals surface area contributed by atoms with Crippen LogP contribution in [0.1, 0.15) is 18.4 Å². The quantitative estimate of drug-likeness (QED) is 0.355. The molecule has 0 bridgehead atoms. The van der Waals surface area contributed by atoms with Crippen LogP contribution in [0.3, 0.4) is 0 Å². The summed E-state index contributed by atoms with van der Waals surface area (Å²) in [5, 5.41) is 9.62. The summed E-state index contributed by atoms with van der Waals surface area (Å²) in [4.78, 5) is 23.4. The topological polar surface area (TPSA) is 143 Å². The molecule has 0 spiro atoms. The van der Waals surface area contributed by atoms with Crippen molar-refractivity contribution in [3.05, 3.63) is 47.0 Å². The summed E-state index contributed by atoms with van der Waals surface area (Å²) < 4.78 is 37.7. The molecular weight excluding hydrogens is 462 g/mol. The molecule has 0 fully saturated rings. The highest BCUT2D eigenvalue weighted by Crippen LogP contribution is 2.30. The SMILES string of the molecule is COc1ccc(NNC(=O)CCC(NS(=O)(=O)c2cc(Cl)c(C)cc2OC)C(=O)O)cc1. The van der Waals surface area contributed by atoms with Gasteiger partial charge in [0.05, 0.1) is 19.9 Å². The van der Waals surface area contributed by atoms with Gasteiger partial charge < -0.3 is 14.6 Å². The highest BCUT2D eigenvalue weighted by atomic mass is 35.5. The minimum Gasteiger partial charge on any atom is -0.497 e. The largest absolute Gasteiger partial charge is 0.497 e. The van der Waals surface area contributed by atoms with Crippen molar-refractivity contribution in [3.63, 3.8) is 0 Å². The number of hydrogen-bond acceptors (Lipinski definition) is 7. The fraction of sp³-hybridized carbons (Fsp3) is 0.300. The lowest BCUT2D eigenvalue weighted by atomic mass is 10.1. The molecule has 0 aromatic heterocycles. The van der Waals surface area contributed by atoms with Crippen LogP contribution in [-0.4, -0.2) is 45.7 Å². The zero-order chi connectivity index (χ0) is 23.9. The van der Waals surface area contributed by atoms with Crippen LogP contribution in [-0.2, 0) is 19.6 Å². The van der Waals surface area contributed by atoms with Gasteiger partial charge in [-0.25, -0.2) is 8.42 Å². The normalized spacial score (nSPS) is 12.0. The second-order valence-corrected chi connectivity index (χ2v) is 8.79. The number of amides is 1. The van der Waals surface area contributed by atoms with Gasteiger partial charge in [-0.05, 0) is 55.3 Å². The predicted molar refractivity (Wildman–Crippen MR) is 118 cm³/mol. The number of aryl methyl sites for hydroxylation is 1. The number of ether oxygens (including phenoxy) is 2. The highest BCUT2D eigenvalue weighted by molar-refractivity contribution is 7.89. The van der Waals surface area contributed by atoms with Gasteiger partial charge in [-0.1, -0.05) is 11.6 Å². The summed E-state index contributed by atoms with van der Waals surface area (Å²) in [6, 6.07) is 7.80. The third-order valence-corrected chi connectivity index (χ3v) is 6.33. The first-order valence-electron chi connectivity index (χ1n) is 9.35. The minimum absolute atomic E-state index is 0.0185. The first-order valence-corrected chi connectivity index (χ1v) is 11.2. The Morgan fingerprint density at radius 3 is 2.34 bits per heavy atom. The Kier molecular flexibility index (Phi) is 8.70. The summed E-state index contributed by atoms with van der Waals surface area (Å²) in [5.41, 5.74) is 6.27. The van der Waals surface area contributed by atoms with Gasteiger partial charge in [0.1, 0.15) is 22.4 Å². The van der Waals surface area contributed by atoms with E-state index in [1.165, 1.54) is 26.4 Å². The van der Waals surface area contributed by atoms with Gasteiger partial charge in [-0.15, -0.1) is 0 Å². The van der Waals surface area contributed by atoms with Crippen LogP contribution in [0.15, 0.2) is 41.3 Å². The monoisotopic (exact) mass is 485 g/mol. The first-order chi connectivity index (χ1) is 15.1. The van der Waals surface area contributed by atoms with E-state index in [0.29, 0.717) is 17.0 Å². The smallest absolute Gasteiger partial charge is 0.321 e. The van der Waals surface area contributed by atoms with Crippen molar-refractivity contribution in [2.45, 2.75) is 30.7 Å². The molecule has 4 N–H and O–H groups in total. The van der Waals surface area contributed by atoms with Crippen molar-refractivity contribution >= 4 is 39.2 Å². The Balaban J connectivity index is 2.02. The zero-order valence-electron chi connectivity index (χ0n) is 17.6. The molecule has 2 rings (SSSR count). The van der Waals surface area contributed by atoms with Gasteiger partial charge in [-0.3, -0.25) is 20.4 Å². The Labute approximate surface area is 190 Å². The van der Waals surface area contributed by atoms with Crippen LogP contribution in [0.25, 0.3) is 0 Å². The Bertz CT molecular complexity index is 1080. The van der Waals surface area contributed by atoms with Crippen molar-refractivity contribution in [2.75, 3.05) is 19.6 Å². The number of hydrogen-bond donors (Lipinski definition) is 4. The fourth-order valence-corrected chi connectivity index (χ4v) is 4.27. The molecule has 0 radical (unpaired) electrons. The van der Waals surface area contributed by atoms with Crippen molar-refractivity contribution < 1.29 is 32.6 Å². The molecule has 174 valence electrons. The van der Waals surface area contributed by atoms with E-state index in [9.17, 15) is 23.1 Å². The van der Waals surface area contributed by atoms with Crippen LogP contribution in [0.2, 0.25) is 5.02 Å². The zero-order valence-corrected chi connectivity index (χ0v) is 19.2. The average molecular weight is 486 g/mol. The molecule has 0 saturated carbocycles. The van der Waals surface area contributed by atoms with Gasteiger partial charge in [0.15, 0.2) is 0 Å². The van der Waals surface area contributed by atoms with Gasteiger partial charge >= 0.3 is 5.97 Å². The molecule has 0 aliphatic rings. The number of hydrazine groups is 1. The highest BCUT2D eigenvalue weighted by Gasteiger charge is 2.28. The third kappa shape index (κ3) is 6.74. The lowest BCUT2D eigenvalue weighted by molar-refractivity contribution is -0.139. The number of carboxylic acids is 1. The van der Waals surface area contributed by atoms with Crippen LogP contribution in [0, 0.1) is 6.92 Å². The molecule has 32 heavy (non-hydrogen) atoms. The van der Waals surface area contributed by atoms with E-state index in [1.54, 1.807) is 31.2 Å². The fourth-order valence-electron chi connectivity index (χ4n) is 2.64. The number of carbonyl (C=O) groups excluding carboxylic acids is 1. The number of anilines is 1. The lowest BCUT2D eigenvalue weighted by Crippen LogP contribution is -2.42. The Hall–Kier alpha value is -3.02. The average Bonchev–Trinajstić information content (AvgIpc) is 2.76. The van der Waals surface area contributed by atoms with Crippen LogP contribution >= 0.6 is 11.6 Å². The number of aliphatic carboxylic acids is 1. The van der Waals surface area contributed by atoms with Crippen LogP contribution in [0.5, 0.6) is 11.5 Å². The number of methoxy groups -OCH3 is 2. The van der Waals surface area contributed by atoms with E-state index in [2.05, 4.69) is 15.6 Å². The van der Waals surface area contributed by atoms with E-state index < -0.39 is 27.9 Å². The van der Waals surface area contributed by atoms with Crippen molar-refractivity contribution in [1.29, 1.82) is 0 Å². The Morgan fingerprint density at radius 1 is 1.12 bits per heavy atom. The van der Waals surface area contributed by atoms with E-state index in [0.717, 1.165) is 0 Å². The second-order valence-electron chi connectivity index (χ2n) is 6.70. The Morgan fingerprint density at radius 2 is 1.78 bits per heavy atom. The molecular formula is C20H24ClN3O7S. The number of sulfonamides is 1. The van der Waals surface area contributed by atoms with Gasteiger partial charge in [0.25, 0.3) is 0 Å². The molecule has 1 atom stereocenters. The van der Waals surface area contributed by atoms with Gasteiger partial charge in [-0.2, -0.15) is 4.72 Å². The number of carbonyl (C=O) groups is 2. The third-order valence-electron chi connectivity index (χ3n) is 4.43. The van der Waals surface area contributed by atoms with E-state index in [1.807, 2.05) is 0 Å². The maximum absolute atomic E-state index is 12.8. The number of halogens is 1. The van der Waals surface area contributed by atoms with Crippen molar-refractivity contribution in [1.82, 2.24) is 10.1 Å². The molecule has 2 aromatic rings. The standard InChI is InChI=1S/C20H24ClN3O7S/c1-12-10-17(31-3)18(11-15(12)21)32(28,29)24-16(20(26)27)8-9-19(25)23-22-13-4-6-14(30-2)7-5-13/h4-7,10-11,16,22,24H,8-9H2,1-3H3,(H,23,25)(H,26,27). The molecule has 12 heteroatoms. The summed E-state index contributed by atoms with van der Waals surface area (Å²) in [7, 11) is -1.48. The maximum Gasteiger partial charge on any atom is 0.321 e. The van der Waals surface area contributed by atoms with Crippen LogP contribution < -0.4 is 25.0 Å². The van der Waals surface area contributed by atoms with E-state index in [-0.39, 0.29) is 28.5 Å². The second kappa shape index (κ2) is 11.0. The summed E-state index contributed by atoms with van der Waals surface area (Å²) in [6.45, 7) is 1.67. The molecule has 0 aliphatic heterocycles.